The molecule has 1 aromatic carbocycles. The summed E-state index contributed by atoms with van der Waals surface area (Å²) in [4.78, 5) is 0. The van der Waals surface area contributed by atoms with Gasteiger partial charge in [0.25, 0.3) is 0 Å². The molecule has 20 heavy (non-hydrogen) atoms. The zero-order valence-electron chi connectivity index (χ0n) is 13.4. The molecule has 1 unspecified atom stereocenters. The summed E-state index contributed by atoms with van der Waals surface area (Å²) in [5, 5.41) is 13.3. The first-order chi connectivity index (χ1) is 9.30. The Bertz CT molecular complexity index is 396. The molecule has 0 amide bonds. The molecule has 2 N–H and O–H groups in total. The van der Waals surface area contributed by atoms with Gasteiger partial charge in [0.2, 0.25) is 0 Å². The van der Waals surface area contributed by atoms with Crippen LogP contribution in [0.3, 0.4) is 0 Å². The number of benzene rings is 1. The first-order valence-corrected chi connectivity index (χ1v) is 7.40. The van der Waals surface area contributed by atoms with Crippen LogP contribution in [0.1, 0.15) is 40.2 Å². The largest absolute Gasteiger partial charge is 0.389 e. The molecule has 0 aromatic heterocycles. The van der Waals surface area contributed by atoms with E-state index in [1.165, 1.54) is 5.56 Å². The minimum atomic E-state index is -0.484. The Kier molecular flexibility index (Phi) is 6.50. The Balaban J connectivity index is 2.49. The quantitative estimate of drug-likeness (QED) is 0.803. The topological polar surface area (TPSA) is 41.5 Å². The van der Waals surface area contributed by atoms with E-state index in [0.717, 1.165) is 5.69 Å². The minimum absolute atomic E-state index is 0.0860. The molecule has 0 spiro atoms. The zero-order chi connectivity index (χ0) is 15.2. The highest BCUT2D eigenvalue weighted by Gasteiger charge is 2.17. The lowest BCUT2D eigenvalue weighted by atomic mass is 9.86. The number of rotatable bonds is 7. The van der Waals surface area contributed by atoms with Gasteiger partial charge in [-0.3, -0.25) is 0 Å². The van der Waals surface area contributed by atoms with Crippen LogP contribution in [0.5, 0.6) is 0 Å². The number of ether oxygens (including phenoxy) is 1. The summed E-state index contributed by atoms with van der Waals surface area (Å²) in [5.41, 5.74) is 2.43. The van der Waals surface area contributed by atoms with E-state index in [1.54, 1.807) is 0 Å². The van der Waals surface area contributed by atoms with Gasteiger partial charge in [-0.2, -0.15) is 0 Å². The Hall–Kier alpha value is -1.06. The molecule has 1 rings (SSSR count). The maximum Gasteiger partial charge on any atom is 0.0945 e. The summed E-state index contributed by atoms with van der Waals surface area (Å²) >= 11 is 0. The molecule has 0 aliphatic heterocycles. The van der Waals surface area contributed by atoms with Gasteiger partial charge in [0.1, 0.15) is 0 Å². The van der Waals surface area contributed by atoms with Crippen LogP contribution in [-0.2, 0) is 10.2 Å². The van der Waals surface area contributed by atoms with Gasteiger partial charge in [-0.1, -0.05) is 52.8 Å². The van der Waals surface area contributed by atoms with Gasteiger partial charge in [0.15, 0.2) is 0 Å². The molecular weight excluding hydrogens is 250 g/mol. The average molecular weight is 279 g/mol. The summed E-state index contributed by atoms with van der Waals surface area (Å²) < 4.78 is 5.45. The lowest BCUT2D eigenvalue weighted by molar-refractivity contribution is 0.0318. The maximum absolute atomic E-state index is 9.93. The van der Waals surface area contributed by atoms with Gasteiger partial charge in [-0.15, -0.1) is 0 Å². The summed E-state index contributed by atoms with van der Waals surface area (Å²) in [6, 6.07) is 8.25. The molecule has 0 saturated heterocycles. The van der Waals surface area contributed by atoms with Crippen LogP contribution in [0.2, 0.25) is 0 Å². The molecule has 1 aromatic rings. The third-order valence-electron chi connectivity index (χ3n) is 3.02. The average Bonchev–Trinajstić information content (AvgIpc) is 2.35. The number of aliphatic hydroxyl groups is 1. The standard InChI is InChI=1S/C17H29NO2/c1-13(2)11-20-12-14(19)10-18-16-9-7-6-8-15(16)17(3,4)5/h6-9,13-14,18-19H,10-12H2,1-5H3. The molecule has 0 radical (unpaired) electrons. The second-order valence-electron chi connectivity index (χ2n) is 6.76. The van der Waals surface area contributed by atoms with Gasteiger partial charge < -0.3 is 15.2 Å². The SMILES string of the molecule is CC(C)COCC(O)CNc1ccccc1C(C)(C)C. The van der Waals surface area contributed by atoms with Crippen LogP contribution in [0.4, 0.5) is 5.69 Å². The third kappa shape index (κ3) is 5.93. The predicted molar refractivity (Wildman–Crippen MR) is 85.3 cm³/mol. The van der Waals surface area contributed by atoms with Crippen molar-refractivity contribution in [2.24, 2.45) is 5.92 Å². The highest BCUT2D eigenvalue weighted by Crippen LogP contribution is 2.29. The van der Waals surface area contributed by atoms with Crippen molar-refractivity contribution in [1.82, 2.24) is 0 Å². The van der Waals surface area contributed by atoms with E-state index in [-0.39, 0.29) is 5.41 Å². The molecule has 0 aliphatic carbocycles. The van der Waals surface area contributed by atoms with E-state index in [9.17, 15) is 5.11 Å². The molecule has 3 heteroatoms. The molecule has 0 bridgehead atoms. The number of aliphatic hydroxyl groups excluding tert-OH is 1. The first-order valence-electron chi connectivity index (χ1n) is 7.40. The van der Waals surface area contributed by atoms with Gasteiger partial charge >= 0.3 is 0 Å². The fourth-order valence-corrected chi connectivity index (χ4v) is 2.02. The minimum Gasteiger partial charge on any atom is -0.389 e. The van der Waals surface area contributed by atoms with Crippen molar-refractivity contribution in [2.75, 3.05) is 25.1 Å². The Morgan fingerprint density at radius 1 is 1.15 bits per heavy atom. The molecule has 0 fully saturated rings. The lowest BCUT2D eigenvalue weighted by Gasteiger charge is -2.24. The second kappa shape index (κ2) is 7.65. The van der Waals surface area contributed by atoms with Crippen molar-refractivity contribution in [3.63, 3.8) is 0 Å². The Morgan fingerprint density at radius 3 is 2.40 bits per heavy atom. The van der Waals surface area contributed by atoms with Crippen molar-refractivity contribution in [1.29, 1.82) is 0 Å². The van der Waals surface area contributed by atoms with E-state index in [1.807, 2.05) is 12.1 Å². The highest BCUT2D eigenvalue weighted by molar-refractivity contribution is 5.54. The van der Waals surface area contributed by atoms with E-state index in [2.05, 4.69) is 52.1 Å². The summed E-state index contributed by atoms with van der Waals surface area (Å²) in [6.45, 7) is 12.3. The summed E-state index contributed by atoms with van der Waals surface area (Å²) in [7, 11) is 0. The van der Waals surface area contributed by atoms with E-state index in [4.69, 9.17) is 4.74 Å². The summed E-state index contributed by atoms with van der Waals surface area (Å²) in [6.07, 6.45) is -0.484. The van der Waals surface area contributed by atoms with Gasteiger partial charge in [-0.05, 0) is 23.0 Å². The maximum atomic E-state index is 9.93. The first kappa shape index (κ1) is 17.0. The third-order valence-corrected chi connectivity index (χ3v) is 3.02. The molecule has 1 atom stereocenters. The number of nitrogens with one attached hydrogen (secondary N) is 1. The van der Waals surface area contributed by atoms with Crippen LogP contribution in [0.25, 0.3) is 0 Å². The van der Waals surface area contributed by atoms with E-state index < -0.39 is 6.10 Å². The van der Waals surface area contributed by atoms with Crippen molar-refractivity contribution < 1.29 is 9.84 Å². The molecule has 0 saturated carbocycles. The van der Waals surface area contributed by atoms with E-state index >= 15 is 0 Å². The smallest absolute Gasteiger partial charge is 0.0945 e. The number of hydrogen-bond donors (Lipinski definition) is 2. The monoisotopic (exact) mass is 279 g/mol. The molecule has 0 heterocycles. The van der Waals surface area contributed by atoms with Crippen LogP contribution in [0.15, 0.2) is 24.3 Å². The van der Waals surface area contributed by atoms with Crippen molar-refractivity contribution in [3.05, 3.63) is 29.8 Å². The van der Waals surface area contributed by atoms with Crippen LogP contribution in [-0.4, -0.2) is 31.0 Å². The van der Waals surface area contributed by atoms with Gasteiger partial charge in [0.05, 0.1) is 12.7 Å². The summed E-state index contributed by atoms with van der Waals surface area (Å²) in [5.74, 6) is 0.497. The lowest BCUT2D eigenvalue weighted by Crippen LogP contribution is -2.26. The second-order valence-corrected chi connectivity index (χ2v) is 6.76. The predicted octanol–water partition coefficient (Wildman–Crippen LogP) is 3.43. The van der Waals surface area contributed by atoms with Gasteiger partial charge in [-0.25, -0.2) is 0 Å². The zero-order valence-corrected chi connectivity index (χ0v) is 13.4. The normalized spacial score (nSPS) is 13.6. The Morgan fingerprint density at radius 2 is 1.80 bits per heavy atom. The van der Waals surface area contributed by atoms with E-state index in [0.29, 0.717) is 25.7 Å². The van der Waals surface area contributed by atoms with Crippen molar-refractivity contribution in [2.45, 2.75) is 46.1 Å². The fraction of sp³-hybridized carbons (Fsp3) is 0.647. The number of hydrogen-bond acceptors (Lipinski definition) is 3. The molecular formula is C17H29NO2. The molecule has 114 valence electrons. The number of para-hydroxylation sites is 1. The highest BCUT2D eigenvalue weighted by atomic mass is 16.5. The van der Waals surface area contributed by atoms with Gasteiger partial charge in [0, 0.05) is 18.8 Å². The van der Waals surface area contributed by atoms with Crippen LogP contribution >= 0.6 is 0 Å². The van der Waals surface area contributed by atoms with Crippen molar-refractivity contribution >= 4 is 5.69 Å². The van der Waals surface area contributed by atoms with Crippen molar-refractivity contribution in [3.8, 4) is 0 Å². The molecule has 3 nitrogen and oxygen atoms in total. The Labute approximate surface area is 123 Å². The molecule has 0 aliphatic rings. The number of anilines is 1. The van der Waals surface area contributed by atoms with Crippen LogP contribution in [0, 0.1) is 5.92 Å². The fourth-order valence-electron chi connectivity index (χ4n) is 2.02. The van der Waals surface area contributed by atoms with Crippen LogP contribution < -0.4 is 5.32 Å².